The Kier molecular flexibility index (Phi) is 4.44. The summed E-state index contributed by atoms with van der Waals surface area (Å²) in [6.45, 7) is 3.70. The summed E-state index contributed by atoms with van der Waals surface area (Å²) in [6, 6.07) is 8.62. The molecule has 0 amide bonds. The molecule has 23 heavy (non-hydrogen) atoms. The number of ether oxygens (including phenoxy) is 2. The summed E-state index contributed by atoms with van der Waals surface area (Å²) in [7, 11) is 0. The molecular formula is C19H24N2O2. The van der Waals surface area contributed by atoms with Gasteiger partial charge in [0.15, 0.2) is 6.29 Å². The van der Waals surface area contributed by atoms with Crippen molar-refractivity contribution in [3.63, 3.8) is 0 Å². The highest BCUT2D eigenvalue weighted by molar-refractivity contribution is 5.92. The summed E-state index contributed by atoms with van der Waals surface area (Å²) in [6.07, 6.45) is 7.73. The fourth-order valence-electron chi connectivity index (χ4n) is 3.55. The molecule has 0 N–H and O–H groups in total. The third-order valence-corrected chi connectivity index (χ3v) is 4.78. The highest BCUT2D eigenvalue weighted by Gasteiger charge is 2.18. The van der Waals surface area contributed by atoms with Crippen LogP contribution in [0.25, 0.3) is 10.9 Å². The van der Waals surface area contributed by atoms with Crippen molar-refractivity contribution in [2.75, 3.05) is 24.6 Å². The van der Waals surface area contributed by atoms with Crippen LogP contribution < -0.4 is 4.90 Å². The normalized spacial score (nSPS) is 21.9. The van der Waals surface area contributed by atoms with Gasteiger partial charge in [-0.15, -0.1) is 0 Å². The van der Waals surface area contributed by atoms with E-state index < -0.39 is 0 Å². The molecule has 1 aromatic carbocycles. The highest BCUT2D eigenvalue weighted by Crippen LogP contribution is 2.30. The second-order valence-corrected chi connectivity index (χ2v) is 6.49. The number of nitrogens with zero attached hydrogens (tertiary/aromatic N) is 2. The quantitative estimate of drug-likeness (QED) is 0.858. The lowest BCUT2D eigenvalue weighted by Gasteiger charge is -2.24. The molecule has 122 valence electrons. The lowest BCUT2D eigenvalue weighted by Crippen LogP contribution is -2.22. The number of benzene rings is 1. The first-order valence-electron chi connectivity index (χ1n) is 8.76. The van der Waals surface area contributed by atoms with Crippen LogP contribution in [0.15, 0.2) is 30.5 Å². The molecule has 4 nitrogen and oxygen atoms in total. The lowest BCUT2D eigenvalue weighted by molar-refractivity contribution is -0.168. The fourth-order valence-corrected chi connectivity index (χ4v) is 3.55. The molecule has 1 atom stereocenters. The molecule has 0 radical (unpaired) electrons. The van der Waals surface area contributed by atoms with Crippen LogP contribution in [0.2, 0.25) is 0 Å². The van der Waals surface area contributed by atoms with Crippen LogP contribution in [0.3, 0.4) is 0 Å². The van der Waals surface area contributed by atoms with Gasteiger partial charge in [-0.2, -0.15) is 0 Å². The summed E-state index contributed by atoms with van der Waals surface area (Å²) in [5, 5.41) is 1.24. The molecule has 4 heteroatoms. The standard InChI is InChI=1S/C19H24N2O2/c1-4-11-22-19(7-1)23-14-15-12-17-16(6-5-8-20-17)18(13-15)21-9-2-3-10-21/h5-6,8,12-13,19H,1-4,7,9-11,14H2. The molecule has 2 aliphatic rings. The van der Waals surface area contributed by atoms with Gasteiger partial charge < -0.3 is 14.4 Å². The Morgan fingerprint density at radius 3 is 2.91 bits per heavy atom. The van der Waals surface area contributed by atoms with E-state index >= 15 is 0 Å². The molecule has 0 saturated carbocycles. The largest absolute Gasteiger partial charge is 0.371 e. The van der Waals surface area contributed by atoms with Gasteiger partial charge >= 0.3 is 0 Å². The molecule has 3 heterocycles. The van der Waals surface area contributed by atoms with Crippen LogP contribution in [0, 0.1) is 0 Å². The summed E-state index contributed by atoms with van der Waals surface area (Å²) in [5.41, 5.74) is 3.54. The van der Waals surface area contributed by atoms with Crippen molar-refractivity contribution >= 4 is 16.6 Å². The van der Waals surface area contributed by atoms with Gasteiger partial charge in [-0.1, -0.05) is 0 Å². The van der Waals surface area contributed by atoms with Gasteiger partial charge in [-0.3, -0.25) is 4.98 Å². The average molecular weight is 312 g/mol. The van der Waals surface area contributed by atoms with E-state index in [2.05, 4.69) is 28.1 Å². The molecule has 2 aromatic rings. The number of hydrogen-bond acceptors (Lipinski definition) is 4. The van der Waals surface area contributed by atoms with E-state index in [-0.39, 0.29) is 6.29 Å². The van der Waals surface area contributed by atoms with Crippen molar-refractivity contribution in [3.8, 4) is 0 Å². The number of rotatable bonds is 4. The molecule has 2 saturated heterocycles. The smallest absolute Gasteiger partial charge is 0.158 e. The predicted octanol–water partition coefficient (Wildman–Crippen LogP) is 3.88. The van der Waals surface area contributed by atoms with E-state index in [9.17, 15) is 0 Å². The van der Waals surface area contributed by atoms with E-state index in [0.29, 0.717) is 6.61 Å². The number of anilines is 1. The Balaban J connectivity index is 1.58. The maximum Gasteiger partial charge on any atom is 0.158 e. The Bertz CT molecular complexity index is 661. The van der Waals surface area contributed by atoms with Crippen molar-refractivity contribution < 1.29 is 9.47 Å². The van der Waals surface area contributed by atoms with E-state index in [1.807, 2.05) is 12.3 Å². The minimum Gasteiger partial charge on any atom is -0.371 e. The molecule has 4 rings (SSSR count). The molecule has 1 aromatic heterocycles. The Labute approximate surface area is 137 Å². The van der Waals surface area contributed by atoms with E-state index in [1.54, 1.807) is 0 Å². The molecule has 0 spiro atoms. The van der Waals surface area contributed by atoms with Gasteiger partial charge in [-0.25, -0.2) is 0 Å². The molecule has 2 aliphatic heterocycles. The number of hydrogen-bond donors (Lipinski definition) is 0. The van der Waals surface area contributed by atoms with Gasteiger partial charge in [0.25, 0.3) is 0 Å². The minimum absolute atomic E-state index is 0.0431. The second-order valence-electron chi connectivity index (χ2n) is 6.49. The average Bonchev–Trinajstić information content (AvgIpc) is 3.14. The maximum atomic E-state index is 5.97. The van der Waals surface area contributed by atoms with Crippen molar-refractivity contribution in [3.05, 3.63) is 36.0 Å². The first-order chi connectivity index (χ1) is 11.4. The monoisotopic (exact) mass is 312 g/mol. The lowest BCUT2D eigenvalue weighted by atomic mass is 10.1. The molecule has 0 bridgehead atoms. The van der Waals surface area contributed by atoms with E-state index in [1.165, 1.54) is 35.9 Å². The van der Waals surface area contributed by atoms with Crippen LogP contribution in [-0.2, 0) is 16.1 Å². The minimum atomic E-state index is -0.0431. The zero-order chi connectivity index (χ0) is 15.5. The van der Waals surface area contributed by atoms with E-state index in [4.69, 9.17) is 9.47 Å². The van der Waals surface area contributed by atoms with Crippen molar-refractivity contribution in [1.82, 2.24) is 4.98 Å². The maximum absolute atomic E-state index is 5.97. The van der Waals surface area contributed by atoms with Crippen molar-refractivity contribution in [2.45, 2.75) is 45.0 Å². The van der Waals surface area contributed by atoms with Gasteiger partial charge in [0.2, 0.25) is 0 Å². The predicted molar refractivity (Wildman–Crippen MR) is 91.6 cm³/mol. The van der Waals surface area contributed by atoms with Gasteiger partial charge in [0.05, 0.1) is 12.1 Å². The Morgan fingerprint density at radius 2 is 2.09 bits per heavy atom. The Morgan fingerprint density at radius 1 is 1.17 bits per heavy atom. The number of pyridine rings is 1. The van der Waals surface area contributed by atoms with Gasteiger partial charge in [0, 0.05) is 37.0 Å². The molecule has 0 aliphatic carbocycles. The molecule has 1 unspecified atom stereocenters. The van der Waals surface area contributed by atoms with Gasteiger partial charge in [0.1, 0.15) is 0 Å². The van der Waals surface area contributed by atoms with Crippen LogP contribution in [-0.4, -0.2) is 31.0 Å². The van der Waals surface area contributed by atoms with Crippen molar-refractivity contribution in [1.29, 1.82) is 0 Å². The summed E-state index contributed by atoms with van der Waals surface area (Å²) >= 11 is 0. The first kappa shape index (κ1) is 14.9. The highest BCUT2D eigenvalue weighted by atomic mass is 16.7. The first-order valence-corrected chi connectivity index (χ1v) is 8.76. The zero-order valence-electron chi connectivity index (χ0n) is 13.5. The SMILES string of the molecule is c1cnc2cc(COC3CCCCO3)cc(N3CCCC3)c2c1. The molecule has 2 fully saturated rings. The third-order valence-electron chi connectivity index (χ3n) is 4.78. The fraction of sp³-hybridized carbons (Fsp3) is 0.526. The Hall–Kier alpha value is -1.65. The van der Waals surface area contributed by atoms with Crippen molar-refractivity contribution in [2.24, 2.45) is 0 Å². The number of aromatic nitrogens is 1. The van der Waals surface area contributed by atoms with E-state index in [0.717, 1.165) is 38.1 Å². The zero-order valence-corrected chi connectivity index (χ0v) is 13.5. The van der Waals surface area contributed by atoms with Crippen LogP contribution in [0.1, 0.15) is 37.7 Å². The van der Waals surface area contributed by atoms with Crippen LogP contribution in [0.4, 0.5) is 5.69 Å². The third kappa shape index (κ3) is 3.33. The topological polar surface area (TPSA) is 34.6 Å². The summed E-state index contributed by atoms with van der Waals surface area (Å²) < 4.78 is 11.6. The number of fused-ring (bicyclic) bond motifs is 1. The summed E-state index contributed by atoms with van der Waals surface area (Å²) in [4.78, 5) is 7.03. The van der Waals surface area contributed by atoms with Crippen LogP contribution in [0.5, 0.6) is 0 Å². The second kappa shape index (κ2) is 6.85. The van der Waals surface area contributed by atoms with Crippen LogP contribution >= 0.6 is 0 Å². The summed E-state index contributed by atoms with van der Waals surface area (Å²) in [5.74, 6) is 0. The van der Waals surface area contributed by atoms with Gasteiger partial charge in [-0.05, 0) is 61.9 Å². The molecular weight excluding hydrogens is 288 g/mol.